The maximum Gasteiger partial charge on any atom is 0.287 e. The lowest BCUT2D eigenvalue weighted by Gasteiger charge is -2.31. The molecule has 1 saturated heterocycles. The molecule has 118 valence electrons. The van der Waals surface area contributed by atoms with Gasteiger partial charge in [-0.1, -0.05) is 6.92 Å². The van der Waals surface area contributed by atoms with Crippen LogP contribution in [0.1, 0.15) is 30.3 Å². The molecule has 2 rings (SSSR count). The molecular formula is C14H23IN4O2. The van der Waals surface area contributed by atoms with E-state index in [4.69, 9.17) is 10.2 Å². The summed E-state index contributed by atoms with van der Waals surface area (Å²) in [5, 5.41) is 2.74. The molecule has 0 aliphatic carbocycles. The van der Waals surface area contributed by atoms with Crippen LogP contribution in [0.5, 0.6) is 0 Å². The number of carbonyl (C=O) groups excluding carboxylic acids is 1. The molecule has 21 heavy (non-hydrogen) atoms. The van der Waals surface area contributed by atoms with E-state index in [1.54, 1.807) is 12.1 Å². The molecule has 1 aliphatic heterocycles. The van der Waals surface area contributed by atoms with Crippen LogP contribution in [-0.2, 0) is 0 Å². The zero-order chi connectivity index (χ0) is 14.4. The number of nitrogens with one attached hydrogen (secondary N) is 1. The van der Waals surface area contributed by atoms with E-state index in [0.717, 1.165) is 31.8 Å². The Labute approximate surface area is 142 Å². The van der Waals surface area contributed by atoms with Gasteiger partial charge in [0.25, 0.3) is 5.91 Å². The van der Waals surface area contributed by atoms with Crippen LogP contribution in [-0.4, -0.2) is 42.9 Å². The zero-order valence-corrected chi connectivity index (χ0v) is 14.6. The molecule has 1 aliphatic rings. The quantitative estimate of drug-likeness (QED) is 0.345. The van der Waals surface area contributed by atoms with Gasteiger partial charge in [-0.15, -0.1) is 24.0 Å². The Kier molecular flexibility index (Phi) is 7.55. The molecule has 7 heteroatoms. The summed E-state index contributed by atoms with van der Waals surface area (Å²) in [7, 11) is 0. The number of hydrogen-bond donors (Lipinski definition) is 2. The molecule has 1 aromatic heterocycles. The Bertz CT molecular complexity index is 454. The van der Waals surface area contributed by atoms with E-state index in [9.17, 15) is 4.79 Å². The third-order valence-corrected chi connectivity index (χ3v) is 3.52. The second-order valence-corrected chi connectivity index (χ2v) is 5.14. The Hall–Kier alpha value is -1.25. The fourth-order valence-electron chi connectivity index (χ4n) is 2.17. The zero-order valence-electron chi connectivity index (χ0n) is 12.2. The first-order valence-corrected chi connectivity index (χ1v) is 7.03. The van der Waals surface area contributed by atoms with Crippen LogP contribution in [0.15, 0.2) is 27.8 Å². The lowest BCUT2D eigenvalue weighted by Crippen LogP contribution is -2.42. The molecule has 3 N–H and O–H groups in total. The SMILES string of the molecule is CC1CCN(C(N)=NCCNC(=O)c2ccco2)CC1.I. The molecule has 2 heterocycles. The number of aliphatic imine (C=N–C) groups is 1. The van der Waals surface area contributed by atoms with Gasteiger partial charge in [0.1, 0.15) is 0 Å². The van der Waals surface area contributed by atoms with Crippen molar-refractivity contribution >= 4 is 35.8 Å². The number of piperidine rings is 1. The molecule has 0 unspecified atom stereocenters. The maximum atomic E-state index is 11.6. The van der Waals surface area contributed by atoms with Crippen molar-refractivity contribution in [3.63, 3.8) is 0 Å². The van der Waals surface area contributed by atoms with E-state index < -0.39 is 0 Å². The number of guanidine groups is 1. The number of rotatable bonds is 4. The molecule has 0 bridgehead atoms. The summed E-state index contributed by atoms with van der Waals surface area (Å²) in [5.74, 6) is 1.43. The van der Waals surface area contributed by atoms with Gasteiger partial charge < -0.3 is 20.4 Å². The number of carbonyl (C=O) groups is 1. The number of hydrogen-bond acceptors (Lipinski definition) is 3. The highest BCUT2D eigenvalue weighted by Crippen LogP contribution is 2.15. The summed E-state index contributed by atoms with van der Waals surface area (Å²) in [4.78, 5) is 18.0. The van der Waals surface area contributed by atoms with Crippen molar-refractivity contribution in [2.75, 3.05) is 26.2 Å². The highest BCUT2D eigenvalue weighted by Gasteiger charge is 2.16. The Balaban J connectivity index is 0.00000220. The lowest BCUT2D eigenvalue weighted by atomic mass is 10.00. The van der Waals surface area contributed by atoms with E-state index >= 15 is 0 Å². The summed E-state index contributed by atoms with van der Waals surface area (Å²) in [6, 6.07) is 3.31. The fraction of sp³-hybridized carbons (Fsp3) is 0.571. The Morgan fingerprint density at radius 2 is 2.24 bits per heavy atom. The minimum atomic E-state index is -0.226. The summed E-state index contributed by atoms with van der Waals surface area (Å²) in [6.07, 6.45) is 3.79. The van der Waals surface area contributed by atoms with Crippen molar-refractivity contribution in [1.82, 2.24) is 10.2 Å². The van der Waals surface area contributed by atoms with Crippen molar-refractivity contribution in [3.05, 3.63) is 24.2 Å². The number of nitrogens with two attached hydrogens (primary N) is 1. The van der Waals surface area contributed by atoms with Crippen LogP contribution < -0.4 is 11.1 Å². The lowest BCUT2D eigenvalue weighted by molar-refractivity contribution is 0.0927. The van der Waals surface area contributed by atoms with Crippen molar-refractivity contribution in [2.45, 2.75) is 19.8 Å². The van der Waals surface area contributed by atoms with Crippen LogP contribution in [0.25, 0.3) is 0 Å². The van der Waals surface area contributed by atoms with Gasteiger partial charge in [0, 0.05) is 19.6 Å². The van der Waals surface area contributed by atoms with Crippen LogP contribution in [0.3, 0.4) is 0 Å². The fourth-order valence-corrected chi connectivity index (χ4v) is 2.17. The molecular weight excluding hydrogens is 383 g/mol. The van der Waals surface area contributed by atoms with E-state index in [2.05, 4.69) is 22.1 Å². The highest BCUT2D eigenvalue weighted by molar-refractivity contribution is 14.0. The number of furan rings is 1. The summed E-state index contributed by atoms with van der Waals surface area (Å²) < 4.78 is 5.00. The van der Waals surface area contributed by atoms with Crippen LogP contribution in [0.2, 0.25) is 0 Å². The minimum absolute atomic E-state index is 0. The van der Waals surface area contributed by atoms with Crippen LogP contribution >= 0.6 is 24.0 Å². The molecule has 0 atom stereocenters. The van der Waals surface area contributed by atoms with Crippen molar-refractivity contribution in [2.24, 2.45) is 16.6 Å². The van der Waals surface area contributed by atoms with E-state index in [1.807, 2.05) is 0 Å². The molecule has 1 amide bonds. The largest absolute Gasteiger partial charge is 0.459 e. The number of likely N-dealkylation sites (tertiary alicyclic amines) is 1. The smallest absolute Gasteiger partial charge is 0.287 e. The van der Waals surface area contributed by atoms with Gasteiger partial charge in [0.2, 0.25) is 0 Å². The van der Waals surface area contributed by atoms with Crippen molar-refractivity contribution < 1.29 is 9.21 Å². The van der Waals surface area contributed by atoms with Gasteiger partial charge in [-0.3, -0.25) is 9.79 Å². The number of nitrogens with zero attached hydrogens (tertiary/aromatic N) is 2. The van der Waals surface area contributed by atoms with Crippen LogP contribution in [0, 0.1) is 5.92 Å². The average Bonchev–Trinajstić information content (AvgIpc) is 2.98. The topological polar surface area (TPSA) is 83.9 Å². The van der Waals surface area contributed by atoms with E-state index in [-0.39, 0.29) is 29.9 Å². The normalized spacial score (nSPS) is 16.4. The highest BCUT2D eigenvalue weighted by atomic mass is 127. The predicted molar refractivity (Wildman–Crippen MR) is 92.9 cm³/mol. The second kappa shape index (κ2) is 8.91. The minimum Gasteiger partial charge on any atom is -0.459 e. The maximum absolute atomic E-state index is 11.6. The summed E-state index contributed by atoms with van der Waals surface area (Å²) >= 11 is 0. The Morgan fingerprint density at radius 1 is 1.52 bits per heavy atom. The van der Waals surface area contributed by atoms with Crippen molar-refractivity contribution in [3.8, 4) is 0 Å². The summed E-state index contributed by atoms with van der Waals surface area (Å²) in [5.41, 5.74) is 5.95. The summed E-state index contributed by atoms with van der Waals surface area (Å²) in [6.45, 7) is 5.12. The standard InChI is InChI=1S/C14H22N4O2.HI/c1-11-4-8-18(9-5-11)14(15)17-7-6-16-13(19)12-3-2-10-20-12;/h2-3,10-11H,4-9H2,1H3,(H2,15,17)(H,16,19);1H. The van der Waals surface area contributed by atoms with Gasteiger partial charge in [0.15, 0.2) is 11.7 Å². The van der Waals surface area contributed by atoms with E-state index in [1.165, 1.54) is 6.26 Å². The third kappa shape index (κ3) is 5.56. The first-order chi connectivity index (χ1) is 9.66. The van der Waals surface area contributed by atoms with Gasteiger partial charge in [0.05, 0.1) is 12.8 Å². The molecule has 0 aromatic carbocycles. The third-order valence-electron chi connectivity index (χ3n) is 3.52. The second-order valence-electron chi connectivity index (χ2n) is 5.14. The first-order valence-electron chi connectivity index (χ1n) is 7.03. The number of amides is 1. The molecule has 0 spiro atoms. The molecule has 1 aromatic rings. The average molecular weight is 406 g/mol. The van der Waals surface area contributed by atoms with Gasteiger partial charge in [-0.25, -0.2) is 0 Å². The molecule has 1 fully saturated rings. The van der Waals surface area contributed by atoms with Gasteiger partial charge in [-0.05, 0) is 30.9 Å². The predicted octanol–water partition coefficient (Wildman–Crippen LogP) is 1.67. The van der Waals surface area contributed by atoms with Crippen molar-refractivity contribution in [1.29, 1.82) is 0 Å². The van der Waals surface area contributed by atoms with E-state index in [0.29, 0.717) is 24.8 Å². The monoisotopic (exact) mass is 406 g/mol. The number of halogens is 1. The van der Waals surface area contributed by atoms with Crippen LogP contribution in [0.4, 0.5) is 0 Å². The van der Waals surface area contributed by atoms with Gasteiger partial charge in [-0.2, -0.15) is 0 Å². The Morgan fingerprint density at radius 3 is 2.86 bits per heavy atom. The van der Waals surface area contributed by atoms with Gasteiger partial charge >= 0.3 is 0 Å². The molecule has 6 nitrogen and oxygen atoms in total. The molecule has 0 radical (unpaired) electrons. The molecule has 0 saturated carbocycles. The first kappa shape index (κ1) is 17.8.